The molecule has 0 saturated carbocycles. The number of likely N-dealkylation sites (tertiary alicyclic amines) is 1. The molecule has 0 radical (unpaired) electrons. The molecule has 1 aromatic carbocycles. The Morgan fingerprint density at radius 3 is 2.38 bits per heavy atom. The summed E-state index contributed by atoms with van der Waals surface area (Å²) in [7, 11) is 0. The highest BCUT2D eigenvalue weighted by molar-refractivity contribution is 6.00. The molecular formula is C31H41N3O5. The third kappa shape index (κ3) is 4.61. The van der Waals surface area contributed by atoms with Crippen molar-refractivity contribution in [2.75, 3.05) is 19.7 Å². The van der Waals surface area contributed by atoms with Crippen LogP contribution in [0.15, 0.2) is 54.6 Å². The molecule has 2 saturated heterocycles. The summed E-state index contributed by atoms with van der Waals surface area (Å²) in [4.78, 5) is 48.1. The van der Waals surface area contributed by atoms with Gasteiger partial charge in [0.2, 0.25) is 17.7 Å². The Bertz CT molecular complexity index is 1170. The molecule has 1 unspecified atom stereocenters. The van der Waals surface area contributed by atoms with E-state index >= 15 is 0 Å². The number of hydrogen-bond acceptors (Lipinski definition) is 5. The quantitative estimate of drug-likeness (QED) is 0.566. The van der Waals surface area contributed by atoms with E-state index in [0.29, 0.717) is 26.1 Å². The normalized spacial score (nSPS) is 31.4. The first-order chi connectivity index (χ1) is 18.5. The van der Waals surface area contributed by atoms with Gasteiger partial charge in [-0.05, 0) is 38.7 Å². The summed E-state index contributed by atoms with van der Waals surface area (Å²) in [5.41, 5.74) is -0.771. The van der Waals surface area contributed by atoms with Crippen molar-refractivity contribution in [1.29, 1.82) is 0 Å². The van der Waals surface area contributed by atoms with E-state index in [2.05, 4.69) is 0 Å². The Balaban J connectivity index is 1.59. The highest BCUT2D eigenvalue weighted by Gasteiger charge is 2.72. The van der Waals surface area contributed by atoms with Gasteiger partial charge in [-0.25, -0.2) is 0 Å². The van der Waals surface area contributed by atoms with Crippen LogP contribution in [0.2, 0.25) is 0 Å². The van der Waals surface area contributed by atoms with Crippen molar-refractivity contribution in [1.82, 2.24) is 14.7 Å². The second-order valence-corrected chi connectivity index (χ2v) is 12.7. The molecule has 210 valence electrons. The number of benzene rings is 1. The third-order valence-electron chi connectivity index (χ3n) is 8.55. The van der Waals surface area contributed by atoms with Gasteiger partial charge in [-0.1, -0.05) is 68.5 Å². The lowest BCUT2D eigenvalue weighted by Gasteiger charge is -2.42. The Hall–Kier alpha value is -2.97. The summed E-state index contributed by atoms with van der Waals surface area (Å²) < 4.78 is 6.73. The maximum Gasteiger partial charge on any atom is 0.249 e. The van der Waals surface area contributed by atoms with Crippen LogP contribution in [0, 0.1) is 17.8 Å². The second kappa shape index (κ2) is 10.2. The van der Waals surface area contributed by atoms with E-state index in [4.69, 9.17) is 4.74 Å². The average Bonchev–Trinajstić information content (AvgIpc) is 3.20. The first kappa shape index (κ1) is 27.6. The van der Waals surface area contributed by atoms with Crippen molar-refractivity contribution in [3.63, 3.8) is 0 Å². The van der Waals surface area contributed by atoms with Gasteiger partial charge in [0.25, 0.3) is 0 Å². The molecule has 1 spiro atoms. The summed E-state index contributed by atoms with van der Waals surface area (Å²) in [5, 5.41) is 10.5. The summed E-state index contributed by atoms with van der Waals surface area (Å²) in [6.45, 7) is 10.9. The number of aliphatic hydroxyl groups is 1. The molecule has 6 atom stereocenters. The number of amides is 3. The molecule has 5 rings (SSSR count). The predicted octanol–water partition coefficient (Wildman–Crippen LogP) is 2.77. The minimum Gasteiger partial charge on any atom is -0.394 e. The highest BCUT2D eigenvalue weighted by Crippen LogP contribution is 2.54. The first-order valence-corrected chi connectivity index (χ1v) is 14.1. The van der Waals surface area contributed by atoms with Crippen LogP contribution < -0.4 is 0 Å². The monoisotopic (exact) mass is 535 g/mol. The van der Waals surface area contributed by atoms with E-state index in [1.165, 1.54) is 0 Å². The van der Waals surface area contributed by atoms with Gasteiger partial charge in [0.1, 0.15) is 11.6 Å². The van der Waals surface area contributed by atoms with Crippen LogP contribution in [0.3, 0.4) is 0 Å². The number of carbonyl (C=O) groups is 3. The molecule has 8 nitrogen and oxygen atoms in total. The maximum atomic E-state index is 14.5. The predicted molar refractivity (Wildman–Crippen MR) is 147 cm³/mol. The molecule has 1 N–H and O–H groups in total. The Morgan fingerprint density at radius 1 is 1.03 bits per heavy atom. The number of hydrogen-bond donors (Lipinski definition) is 1. The van der Waals surface area contributed by atoms with E-state index in [1.807, 2.05) is 89.3 Å². The number of rotatable bonds is 6. The van der Waals surface area contributed by atoms with Crippen LogP contribution >= 0.6 is 0 Å². The topological polar surface area (TPSA) is 90.4 Å². The number of fused-ring (bicyclic) bond motifs is 2. The van der Waals surface area contributed by atoms with Gasteiger partial charge in [-0.3, -0.25) is 14.4 Å². The van der Waals surface area contributed by atoms with Gasteiger partial charge in [-0.2, -0.15) is 0 Å². The molecule has 0 aliphatic carbocycles. The molecule has 0 bridgehead atoms. The zero-order valence-corrected chi connectivity index (χ0v) is 23.6. The van der Waals surface area contributed by atoms with Gasteiger partial charge in [0, 0.05) is 25.2 Å². The molecule has 39 heavy (non-hydrogen) atoms. The maximum absolute atomic E-state index is 14.5. The molecular weight excluding hydrogens is 494 g/mol. The van der Waals surface area contributed by atoms with Crippen molar-refractivity contribution in [2.45, 2.75) is 76.9 Å². The second-order valence-electron chi connectivity index (χ2n) is 12.7. The lowest BCUT2D eigenvalue weighted by Crippen LogP contribution is -2.60. The minimum absolute atomic E-state index is 0.146. The molecule has 4 aliphatic heterocycles. The smallest absolute Gasteiger partial charge is 0.249 e. The van der Waals surface area contributed by atoms with Crippen molar-refractivity contribution in [3.8, 4) is 0 Å². The third-order valence-corrected chi connectivity index (χ3v) is 8.55. The van der Waals surface area contributed by atoms with Crippen molar-refractivity contribution in [2.24, 2.45) is 17.8 Å². The molecule has 3 amide bonds. The number of ether oxygens (including phenoxy) is 1. The molecule has 4 heterocycles. The largest absolute Gasteiger partial charge is 0.394 e. The fraction of sp³-hybridized carbons (Fsp3) is 0.581. The zero-order valence-electron chi connectivity index (χ0n) is 23.6. The van der Waals surface area contributed by atoms with E-state index in [9.17, 15) is 19.5 Å². The first-order valence-electron chi connectivity index (χ1n) is 14.1. The van der Waals surface area contributed by atoms with E-state index in [-0.39, 0.29) is 30.2 Å². The molecule has 4 aliphatic rings. The van der Waals surface area contributed by atoms with Crippen LogP contribution in [0.1, 0.15) is 46.6 Å². The Labute approximate surface area is 231 Å². The summed E-state index contributed by atoms with van der Waals surface area (Å²) in [6, 6.07) is 8.28. The summed E-state index contributed by atoms with van der Waals surface area (Å²) >= 11 is 0. The van der Waals surface area contributed by atoms with E-state index in [1.54, 1.807) is 14.7 Å². The summed E-state index contributed by atoms with van der Waals surface area (Å²) in [6.07, 6.45) is 7.51. The highest BCUT2D eigenvalue weighted by atomic mass is 16.5. The number of aliphatic hydroxyl groups excluding tert-OH is 1. The molecule has 2 fully saturated rings. The van der Waals surface area contributed by atoms with Gasteiger partial charge < -0.3 is 24.5 Å². The SMILES string of the molecule is CC(C)C[C@H](CO)N1C(=O)[C@@H]2[C@@H]3C(=O)N(Cc4ccccc4)CC=C[C@@H]3O[C@@]23C=CCN(C(C)(C)C)C(=O)C13. The van der Waals surface area contributed by atoms with Crippen LogP contribution in [-0.4, -0.2) is 86.6 Å². The minimum atomic E-state index is -1.29. The van der Waals surface area contributed by atoms with Crippen molar-refractivity contribution in [3.05, 3.63) is 60.2 Å². The lowest BCUT2D eigenvalue weighted by atomic mass is 9.77. The van der Waals surface area contributed by atoms with Gasteiger partial charge in [0.15, 0.2) is 0 Å². The van der Waals surface area contributed by atoms with Crippen LogP contribution in [0.25, 0.3) is 0 Å². The van der Waals surface area contributed by atoms with Crippen molar-refractivity contribution >= 4 is 17.7 Å². The fourth-order valence-electron chi connectivity index (χ4n) is 6.89. The van der Waals surface area contributed by atoms with Crippen LogP contribution in [0.4, 0.5) is 0 Å². The van der Waals surface area contributed by atoms with Gasteiger partial charge >= 0.3 is 0 Å². The van der Waals surface area contributed by atoms with Gasteiger partial charge in [0.05, 0.1) is 30.6 Å². The fourth-order valence-corrected chi connectivity index (χ4v) is 6.89. The Morgan fingerprint density at radius 2 is 1.74 bits per heavy atom. The van der Waals surface area contributed by atoms with Crippen molar-refractivity contribution < 1.29 is 24.2 Å². The zero-order chi connectivity index (χ0) is 28.1. The summed E-state index contributed by atoms with van der Waals surface area (Å²) in [5.74, 6) is -2.07. The van der Waals surface area contributed by atoms with Crippen LogP contribution in [-0.2, 0) is 25.7 Å². The molecule has 1 aromatic rings. The molecule has 8 heteroatoms. The lowest BCUT2D eigenvalue weighted by molar-refractivity contribution is -0.154. The van der Waals surface area contributed by atoms with Gasteiger partial charge in [-0.15, -0.1) is 0 Å². The number of carbonyl (C=O) groups excluding carboxylic acids is 3. The number of nitrogens with zero attached hydrogens (tertiary/aromatic N) is 3. The standard InChI is InChI=1S/C31H41N3O5/c1-20(2)17-22(19-35)34-26-29(38)33(30(3,4)5)16-10-14-31(26)25(28(34)37)24-23(39-31)13-9-15-32(27(24)36)18-21-11-7-6-8-12-21/h6-14,20,22-26,35H,15-19H2,1-5H3/t22-,23+,24-,25+,26?,31+/m1/s1. The van der Waals surface area contributed by atoms with E-state index in [0.717, 1.165) is 5.56 Å². The Kier molecular flexibility index (Phi) is 7.22. The van der Waals surface area contributed by atoms with E-state index < -0.39 is 41.2 Å². The molecule has 0 aromatic heterocycles. The average molecular weight is 536 g/mol. The van der Waals surface area contributed by atoms with Crippen LogP contribution in [0.5, 0.6) is 0 Å².